The molecule has 0 spiro atoms. The van der Waals surface area contributed by atoms with Crippen molar-refractivity contribution in [3.63, 3.8) is 0 Å². The first-order valence-electron chi connectivity index (χ1n) is 11.8. The number of aryl methyl sites for hydroxylation is 1. The van der Waals surface area contributed by atoms with Crippen molar-refractivity contribution in [1.29, 1.82) is 0 Å². The fourth-order valence-electron chi connectivity index (χ4n) is 4.45. The summed E-state index contributed by atoms with van der Waals surface area (Å²) in [5.41, 5.74) is 4.47. The average molecular weight is 432 g/mol. The maximum absolute atomic E-state index is 13.1. The van der Waals surface area contributed by atoms with Gasteiger partial charge in [-0.2, -0.15) is 12.8 Å². The number of unbranched alkanes of at least 4 members (excludes halogenated alkanes) is 5. The Labute approximate surface area is 185 Å². The van der Waals surface area contributed by atoms with E-state index in [-0.39, 0.29) is 16.2 Å². The summed E-state index contributed by atoms with van der Waals surface area (Å²) in [6.07, 6.45) is 10.4. The molecular weight excluding hydrogens is 390 g/mol. The second-order valence-corrected chi connectivity index (χ2v) is 11.0. The highest BCUT2D eigenvalue weighted by Gasteiger charge is 2.43. The van der Waals surface area contributed by atoms with Crippen molar-refractivity contribution in [2.24, 2.45) is 15.7 Å². The molecule has 1 atom stereocenters. The van der Waals surface area contributed by atoms with Crippen molar-refractivity contribution < 1.29 is 8.42 Å². The zero-order valence-electron chi connectivity index (χ0n) is 19.9. The number of allylic oxidation sites excluding steroid dienone is 2. The molecule has 1 aromatic rings. The third-order valence-electron chi connectivity index (χ3n) is 6.79. The molecule has 1 aromatic carbocycles. The average Bonchev–Trinajstić information content (AvgIpc) is 2.86. The largest absolute Gasteiger partial charge is 0.282 e. The molecule has 1 unspecified atom stereocenters. The summed E-state index contributed by atoms with van der Waals surface area (Å²) in [6.45, 7) is 13.1. The van der Waals surface area contributed by atoms with Gasteiger partial charge in [0.15, 0.2) is 0 Å². The van der Waals surface area contributed by atoms with Crippen LogP contribution in [-0.4, -0.2) is 14.1 Å². The zero-order valence-corrected chi connectivity index (χ0v) is 20.7. The summed E-state index contributed by atoms with van der Waals surface area (Å²) >= 11 is 0. The summed E-state index contributed by atoms with van der Waals surface area (Å²) in [4.78, 5) is 0.286. The number of nitrogens with zero attached hydrogens (tertiary/aromatic N) is 1. The van der Waals surface area contributed by atoms with Crippen LogP contribution in [-0.2, 0) is 10.0 Å². The predicted molar refractivity (Wildman–Crippen MR) is 129 cm³/mol. The van der Waals surface area contributed by atoms with E-state index in [1.165, 1.54) is 43.3 Å². The van der Waals surface area contributed by atoms with Crippen LogP contribution < -0.4 is 0 Å². The number of hydrogen-bond acceptors (Lipinski definition) is 2. The first-order valence-corrected chi connectivity index (χ1v) is 13.2. The molecule has 0 heterocycles. The Kier molecular flexibility index (Phi) is 8.90. The van der Waals surface area contributed by atoms with Crippen LogP contribution in [0.4, 0.5) is 0 Å². The summed E-state index contributed by atoms with van der Waals surface area (Å²) in [5.74, 6) is 0.107. The van der Waals surface area contributed by atoms with Gasteiger partial charge in [0.2, 0.25) is 0 Å². The monoisotopic (exact) mass is 431 g/mol. The van der Waals surface area contributed by atoms with Crippen LogP contribution in [0.2, 0.25) is 0 Å². The summed E-state index contributed by atoms with van der Waals surface area (Å²) in [7, 11) is -3.70. The van der Waals surface area contributed by atoms with Gasteiger partial charge in [-0.3, -0.25) is 0 Å². The Morgan fingerprint density at radius 1 is 0.900 bits per heavy atom. The van der Waals surface area contributed by atoms with Gasteiger partial charge < -0.3 is 0 Å². The van der Waals surface area contributed by atoms with Gasteiger partial charge in [0.05, 0.1) is 10.6 Å². The third kappa shape index (κ3) is 5.84. The summed E-state index contributed by atoms with van der Waals surface area (Å²) < 4.78 is 30.7. The highest BCUT2D eigenvalue weighted by Crippen LogP contribution is 2.49. The molecule has 3 nitrogen and oxygen atoms in total. The normalized spacial score (nSPS) is 20.3. The number of benzene rings is 1. The molecular formula is C26H41NO2S. The van der Waals surface area contributed by atoms with Crippen molar-refractivity contribution >= 4 is 15.7 Å². The first-order chi connectivity index (χ1) is 14.1. The molecule has 0 bridgehead atoms. The highest BCUT2D eigenvalue weighted by molar-refractivity contribution is 7.90. The topological polar surface area (TPSA) is 46.5 Å². The Morgan fingerprint density at radius 2 is 1.50 bits per heavy atom. The van der Waals surface area contributed by atoms with Gasteiger partial charge in [-0.15, -0.1) is 0 Å². The number of hydrogen-bond donors (Lipinski definition) is 0. The molecule has 168 valence electrons. The molecule has 0 aliphatic heterocycles. The molecule has 0 amide bonds. The Morgan fingerprint density at radius 3 is 2.10 bits per heavy atom. The minimum atomic E-state index is -3.70. The van der Waals surface area contributed by atoms with Crippen molar-refractivity contribution in [2.75, 3.05) is 0 Å². The van der Waals surface area contributed by atoms with Gasteiger partial charge in [0, 0.05) is 5.92 Å². The molecule has 0 radical (unpaired) electrons. The van der Waals surface area contributed by atoms with Crippen molar-refractivity contribution in [1.82, 2.24) is 0 Å². The van der Waals surface area contributed by atoms with E-state index in [1.807, 2.05) is 19.1 Å². The summed E-state index contributed by atoms with van der Waals surface area (Å²) in [6, 6.07) is 7.02. The van der Waals surface area contributed by atoms with E-state index in [1.54, 1.807) is 12.1 Å². The molecule has 0 N–H and O–H groups in total. The van der Waals surface area contributed by atoms with Crippen LogP contribution >= 0.6 is 0 Å². The van der Waals surface area contributed by atoms with Crippen molar-refractivity contribution in [3.8, 4) is 0 Å². The maximum Gasteiger partial charge on any atom is 0.282 e. The van der Waals surface area contributed by atoms with E-state index in [9.17, 15) is 8.42 Å². The van der Waals surface area contributed by atoms with Gasteiger partial charge in [0.25, 0.3) is 10.0 Å². The number of rotatable bonds is 11. The summed E-state index contributed by atoms with van der Waals surface area (Å²) in [5, 5.41) is 0. The van der Waals surface area contributed by atoms with E-state index in [0.717, 1.165) is 37.0 Å². The maximum atomic E-state index is 13.1. The fraction of sp³-hybridized carbons (Fsp3) is 0.654. The van der Waals surface area contributed by atoms with E-state index >= 15 is 0 Å². The fourth-order valence-corrected chi connectivity index (χ4v) is 5.56. The quantitative estimate of drug-likeness (QED) is 0.338. The van der Waals surface area contributed by atoms with Gasteiger partial charge in [-0.1, -0.05) is 90.0 Å². The lowest BCUT2D eigenvalue weighted by atomic mass is 9.76. The van der Waals surface area contributed by atoms with Crippen LogP contribution in [0.5, 0.6) is 0 Å². The first kappa shape index (κ1) is 24.8. The lowest BCUT2D eigenvalue weighted by molar-refractivity contribution is 0.362. The van der Waals surface area contributed by atoms with Gasteiger partial charge in [0.1, 0.15) is 0 Å². The zero-order chi connectivity index (χ0) is 22.4. The second kappa shape index (κ2) is 10.7. The number of sulfonamides is 1. The Hall–Kier alpha value is -1.42. The van der Waals surface area contributed by atoms with Gasteiger partial charge in [-0.05, 0) is 55.7 Å². The molecule has 2 rings (SSSR count). The molecule has 0 saturated heterocycles. The molecule has 4 heteroatoms. The molecule has 1 aliphatic rings. The molecule has 0 saturated carbocycles. The van der Waals surface area contributed by atoms with Crippen LogP contribution in [0.3, 0.4) is 0 Å². The third-order valence-corrected chi connectivity index (χ3v) is 8.10. The molecule has 30 heavy (non-hydrogen) atoms. The second-order valence-electron chi connectivity index (χ2n) is 9.43. The smallest absolute Gasteiger partial charge is 0.199 e. The SMILES string of the molecule is CCCCCCCC1=C(CCCC)/C(=N/S(=O)(=O)c2ccc(C)cc2)C(C)C1(C)C. The molecule has 0 aromatic heterocycles. The van der Waals surface area contributed by atoms with Crippen molar-refractivity contribution in [3.05, 3.63) is 41.0 Å². The van der Waals surface area contributed by atoms with Crippen LogP contribution in [0.1, 0.15) is 98.0 Å². The van der Waals surface area contributed by atoms with Crippen molar-refractivity contribution in [2.45, 2.75) is 104 Å². The molecule has 0 fully saturated rings. The van der Waals surface area contributed by atoms with Gasteiger partial charge >= 0.3 is 0 Å². The lowest BCUT2D eigenvalue weighted by Gasteiger charge is -2.28. The lowest BCUT2D eigenvalue weighted by Crippen LogP contribution is -2.23. The Bertz CT molecular complexity index is 861. The van der Waals surface area contributed by atoms with Crippen LogP contribution in [0.15, 0.2) is 44.7 Å². The van der Waals surface area contributed by atoms with Crippen LogP contribution in [0, 0.1) is 18.3 Å². The Balaban J connectivity index is 2.42. The molecule has 1 aliphatic carbocycles. The predicted octanol–water partition coefficient (Wildman–Crippen LogP) is 7.65. The van der Waals surface area contributed by atoms with E-state index in [2.05, 4.69) is 39.0 Å². The highest BCUT2D eigenvalue weighted by atomic mass is 32.2. The van der Waals surface area contributed by atoms with E-state index in [4.69, 9.17) is 0 Å². The standard InChI is InChI=1S/C26H41NO2S/c1-7-9-11-12-13-15-24-23(14-10-8-2)25(21(4)26(24,5)6)27-30(28,29)22-18-16-20(3)17-19-22/h16-19,21H,7-15H2,1-6H3/b27-25+. The minimum absolute atomic E-state index is 0.0462. The van der Waals surface area contributed by atoms with Gasteiger partial charge in [-0.25, -0.2) is 0 Å². The minimum Gasteiger partial charge on any atom is -0.199 e. The van der Waals surface area contributed by atoms with Crippen LogP contribution in [0.25, 0.3) is 0 Å². The van der Waals surface area contributed by atoms with E-state index in [0.29, 0.717) is 0 Å². The van der Waals surface area contributed by atoms with E-state index < -0.39 is 10.0 Å².